The van der Waals surface area contributed by atoms with Gasteiger partial charge in [-0.1, -0.05) is 48.0 Å². The molecular formula is C21H24O6S. The van der Waals surface area contributed by atoms with E-state index >= 15 is 0 Å². The van der Waals surface area contributed by atoms with Crippen LogP contribution in [0.25, 0.3) is 0 Å². The Morgan fingerprint density at radius 2 is 1.79 bits per heavy atom. The third-order valence-electron chi connectivity index (χ3n) is 5.27. The third kappa shape index (κ3) is 3.60. The zero-order valence-electron chi connectivity index (χ0n) is 15.9. The minimum Gasteiger partial charge on any atom is -0.369 e. The molecule has 3 fully saturated rings. The number of methoxy groups -OCH3 is 1. The summed E-state index contributed by atoms with van der Waals surface area (Å²) in [5.74, 6) is 0. The first-order valence-corrected chi connectivity index (χ1v) is 10.8. The Labute approximate surface area is 165 Å². The SMILES string of the molecule is CO[C@H]1O[C@@H]2CO[C@H]1[C@@H](S(=O)(=O)c1ccc(C)cc1)[C@@H]2OCc1ccccc1. The van der Waals surface area contributed by atoms with Gasteiger partial charge in [0.25, 0.3) is 0 Å². The molecule has 3 aliphatic rings. The first-order chi connectivity index (χ1) is 13.5. The highest BCUT2D eigenvalue weighted by Crippen LogP contribution is 2.38. The minimum atomic E-state index is -3.72. The summed E-state index contributed by atoms with van der Waals surface area (Å²) in [4.78, 5) is 0.252. The number of rotatable bonds is 6. The van der Waals surface area contributed by atoms with Crippen molar-refractivity contribution in [2.24, 2.45) is 0 Å². The molecule has 2 aromatic carbocycles. The number of ether oxygens (including phenoxy) is 4. The molecule has 0 radical (unpaired) electrons. The zero-order valence-corrected chi connectivity index (χ0v) is 16.7. The molecule has 28 heavy (non-hydrogen) atoms. The lowest BCUT2D eigenvalue weighted by molar-refractivity contribution is -0.322. The van der Waals surface area contributed by atoms with Crippen molar-refractivity contribution in [3.8, 4) is 0 Å². The van der Waals surface area contributed by atoms with E-state index in [0.29, 0.717) is 6.61 Å². The van der Waals surface area contributed by atoms with Gasteiger partial charge in [-0.05, 0) is 24.6 Å². The van der Waals surface area contributed by atoms with E-state index in [4.69, 9.17) is 18.9 Å². The molecule has 5 atom stereocenters. The van der Waals surface area contributed by atoms with E-state index in [9.17, 15) is 8.42 Å². The normalized spacial score (nSPS) is 29.7. The summed E-state index contributed by atoms with van der Waals surface area (Å²) in [6.07, 6.45) is -2.64. The van der Waals surface area contributed by atoms with Gasteiger partial charge in [0.05, 0.1) is 18.1 Å². The van der Waals surface area contributed by atoms with E-state index in [2.05, 4.69) is 0 Å². The van der Waals surface area contributed by atoms with Gasteiger partial charge in [-0.15, -0.1) is 0 Å². The quantitative estimate of drug-likeness (QED) is 0.737. The van der Waals surface area contributed by atoms with Crippen LogP contribution in [0.2, 0.25) is 0 Å². The van der Waals surface area contributed by atoms with Crippen LogP contribution < -0.4 is 0 Å². The maximum atomic E-state index is 13.5. The molecule has 0 aromatic heterocycles. The summed E-state index contributed by atoms with van der Waals surface area (Å²) >= 11 is 0. The molecule has 0 spiro atoms. The monoisotopic (exact) mass is 404 g/mol. The number of benzene rings is 2. The average molecular weight is 404 g/mol. The fraction of sp³-hybridized carbons (Fsp3) is 0.429. The Morgan fingerprint density at radius 3 is 2.46 bits per heavy atom. The van der Waals surface area contributed by atoms with Crippen LogP contribution >= 0.6 is 0 Å². The lowest BCUT2D eigenvalue weighted by atomic mass is 9.98. The van der Waals surface area contributed by atoms with Crippen LogP contribution in [0.1, 0.15) is 11.1 Å². The predicted octanol–water partition coefficient (Wildman–Crippen LogP) is 2.49. The molecule has 3 heterocycles. The van der Waals surface area contributed by atoms with Gasteiger partial charge in [0.1, 0.15) is 23.6 Å². The molecule has 0 amide bonds. The van der Waals surface area contributed by atoms with Crippen molar-refractivity contribution in [3.05, 3.63) is 65.7 Å². The molecule has 2 aromatic rings. The van der Waals surface area contributed by atoms with Gasteiger partial charge >= 0.3 is 0 Å². The highest BCUT2D eigenvalue weighted by Gasteiger charge is 2.57. The van der Waals surface area contributed by atoms with E-state index < -0.39 is 39.7 Å². The molecule has 0 saturated carbocycles. The fourth-order valence-corrected chi connectivity index (χ4v) is 5.79. The Morgan fingerprint density at radius 1 is 1.07 bits per heavy atom. The molecule has 3 saturated heterocycles. The molecule has 0 unspecified atom stereocenters. The van der Waals surface area contributed by atoms with E-state index in [-0.39, 0.29) is 11.5 Å². The van der Waals surface area contributed by atoms with E-state index in [1.807, 2.05) is 37.3 Å². The van der Waals surface area contributed by atoms with Gasteiger partial charge in [-0.2, -0.15) is 0 Å². The van der Waals surface area contributed by atoms with Crippen molar-refractivity contribution in [1.29, 1.82) is 0 Å². The second-order valence-corrected chi connectivity index (χ2v) is 9.27. The second kappa shape index (κ2) is 7.93. The summed E-state index contributed by atoms with van der Waals surface area (Å²) in [5.41, 5.74) is 1.97. The van der Waals surface area contributed by atoms with Gasteiger partial charge in [0.2, 0.25) is 0 Å². The topological polar surface area (TPSA) is 71.1 Å². The lowest BCUT2D eigenvalue weighted by Crippen LogP contribution is -2.67. The molecule has 7 heteroatoms. The molecule has 6 nitrogen and oxygen atoms in total. The highest BCUT2D eigenvalue weighted by atomic mass is 32.2. The second-order valence-electron chi connectivity index (χ2n) is 7.16. The van der Waals surface area contributed by atoms with Gasteiger partial charge in [0, 0.05) is 7.11 Å². The number of hydrogen-bond donors (Lipinski definition) is 0. The summed E-state index contributed by atoms with van der Waals surface area (Å²) < 4.78 is 50.1. The van der Waals surface area contributed by atoms with Gasteiger partial charge < -0.3 is 18.9 Å². The molecule has 0 aliphatic carbocycles. The van der Waals surface area contributed by atoms with E-state index in [1.165, 1.54) is 7.11 Å². The number of aryl methyl sites for hydroxylation is 1. The van der Waals surface area contributed by atoms with Gasteiger partial charge in [-0.25, -0.2) is 8.42 Å². The Bertz CT molecular complexity index is 896. The Kier molecular flexibility index (Phi) is 5.53. The number of fused-ring (bicyclic) bond motifs is 3. The van der Waals surface area contributed by atoms with Crippen molar-refractivity contribution in [2.45, 2.75) is 48.3 Å². The molecule has 5 rings (SSSR count). The van der Waals surface area contributed by atoms with E-state index in [1.54, 1.807) is 24.3 Å². The van der Waals surface area contributed by atoms with Crippen LogP contribution in [0.15, 0.2) is 59.5 Å². The third-order valence-corrected chi connectivity index (χ3v) is 7.45. The van der Waals surface area contributed by atoms with Gasteiger partial charge in [-0.3, -0.25) is 0 Å². The molecule has 2 bridgehead atoms. The predicted molar refractivity (Wildman–Crippen MR) is 103 cm³/mol. The smallest absolute Gasteiger partial charge is 0.186 e. The first kappa shape index (κ1) is 19.5. The van der Waals surface area contributed by atoms with Crippen LogP contribution in [0.5, 0.6) is 0 Å². The fourth-order valence-electron chi connectivity index (χ4n) is 3.79. The van der Waals surface area contributed by atoms with Gasteiger partial charge in [0.15, 0.2) is 16.1 Å². The minimum absolute atomic E-state index is 0.252. The average Bonchev–Trinajstić information content (AvgIpc) is 2.73. The maximum absolute atomic E-state index is 13.5. The Balaban J connectivity index is 1.66. The van der Waals surface area contributed by atoms with Crippen LogP contribution in [-0.4, -0.2) is 52.0 Å². The summed E-state index contributed by atoms with van der Waals surface area (Å²) in [5, 5.41) is -0.906. The summed E-state index contributed by atoms with van der Waals surface area (Å²) in [6, 6.07) is 16.5. The zero-order chi connectivity index (χ0) is 19.7. The summed E-state index contributed by atoms with van der Waals surface area (Å²) in [7, 11) is -2.23. The Hall–Kier alpha value is -1.77. The number of sulfone groups is 1. The molecule has 0 N–H and O–H groups in total. The molecular weight excluding hydrogens is 380 g/mol. The van der Waals surface area contributed by atoms with Crippen LogP contribution in [0.4, 0.5) is 0 Å². The van der Waals surface area contributed by atoms with Crippen molar-refractivity contribution >= 4 is 9.84 Å². The summed E-state index contributed by atoms with van der Waals surface area (Å²) in [6.45, 7) is 2.50. The van der Waals surface area contributed by atoms with E-state index in [0.717, 1.165) is 11.1 Å². The van der Waals surface area contributed by atoms with Crippen molar-refractivity contribution < 1.29 is 27.4 Å². The standard InChI is InChI=1S/C21H24O6S/c1-14-8-10-16(11-9-14)28(22,23)20-18(25-12-15-6-4-3-5-7-15)17-13-26-19(20)21(24-2)27-17/h3-11,17-21H,12-13H2,1-2H3/t17-,18-,19+,20+,21+/m1/s1. The molecule has 3 aliphatic heterocycles. The highest BCUT2D eigenvalue weighted by molar-refractivity contribution is 7.92. The lowest BCUT2D eigenvalue weighted by Gasteiger charge is -2.50. The van der Waals surface area contributed by atoms with Crippen molar-refractivity contribution in [2.75, 3.05) is 13.7 Å². The van der Waals surface area contributed by atoms with Crippen LogP contribution in [0, 0.1) is 6.92 Å². The molecule has 150 valence electrons. The number of hydrogen-bond acceptors (Lipinski definition) is 6. The van der Waals surface area contributed by atoms with Crippen LogP contribution in [0.3, 0.4) is 0 Å². The van der Waals surface area contributed by atoms with Crippen molar-refractivity contribution in [3.63, 3.8) is 0 Å². The van der Waals surface area contributed by atoms with Crippen molar-refractivity contribution in [1.82, 2.24) is 0 Å². The maximum Gasteiger partial charge on any atom is 0.186 e. The largest absolute Gasteiger partial charge is 0.369 e. The first-order valence-electron chi connectivity index (χ1n) is 9.26. The van der Waals surface area contributed by atoms with Crippen LogP contribution in [-0.2, 0) is 35.4 Å².